The van der Waals surface area contributed by atoms with Crippen LogP contribution < -0.4 is 15.1 Å². The molecule has 10 heteroatoms. The molecule has 45 heavy (non-hydrogen) atoms. The summed E-state index contributed by atoms with van der Waals surface area (Å²) < 4.78 is 0. The molecule has 3 aliphatic rings. The van der Waals surface area contributed by atoms with E-state index in [1.54, 1.807) is 12.1 Å². The largest absolute Gasteiger partial charge is 0.372 e. The van der Waals surface area contributed by atoms with Gasteiger partial charge in [-0.15, -0.1) is 0 Å². The molecule has 240 valence electrons. The molecule has 3 fully saturated rings. The van der Waals surface area contributed by atoms with Crippen LogP contribution in [-0.4, -0.2) is 106 Å². The fourth-order valence-electron chi connectivity index (χ4n) is 7.24. The van der Waals surface area contributed by atoms with Crippen molar-refractivity contribution in [3.05, 3.63) is 59.2 Å². The van der Waals surface area contributed by atoms with Crippen molar-refractivity contribution >= 4 is 42.0 Å². The number of rotatable bonds is 12. The highest BCUT2D eigenvalue weighted by Crippen LogP contribution is 2.43. The van der Waals surface area contributed by atoms with Gasteiger partial charge in [0.05, 0.1) is 5.56 Å². The number of aldehydes is 3. The monoisotopic (exact) mass is 615 g/mol. The highest BCUT2D eigenvalue weighted by atomic mass is 16.2. The predicted octanol–water partition coefficient (Wildman–Crippen LogP) is 3.30. The Morgan fingerprint density at radius 3 is 2.20 bits per heavy atom. The molecule has 0 aromatic heterocycles. The molecular weight excluding hydrogens is 570 g/mol. The molecule has 1 atom stereocenters. The van der Waals surface area contributed by atoms with E-state index in [0.29, 0.717) is 28.7 Å². The average Bonchev–Trinajstić information content (AvgIpc) is 3.07. The van der Waals surface area contributed by atoms with Crippen LogP contribution in [0.15, 0.2) is 42.5 Å². The third-order valence-electron chi connectivity index (χ3n) is 10.1. The second kappa shape index (κ2) is 14.4. The first kappa shape index (κ1) is 32.3. The molecule has 0 bridgehead atoms. The Balaban J connectivity index is 1.10. The SMILES string of the molecule is CNC(=O)C(CCC=O)N(C)C(=O)c1ccc(N2CC3(CCN(CC4CCN(c5ccc(C=O)cc5)CC4)CC3)C2)cc1C=O. The van der Waals surface area contributed by atoms with Crippen LogP contribution in [0.4, 0.5) is 11.4 Å². The number of nitrogens with zero attached hydrogens (tertiary/aromatic N) is 4. The van der Waals surface area contributed by atoms with E-state index >= 15 is 0 Å². The molecule has 10 nitrogen and oxygen atoms in total. The predicted molar refractivity (Wildman–Crippen MR) is 174 cm³/mol. The number of benzene rings is 2. The molecule has 2 aromatic rings. The van der Waals surface area contributed by atoms with Crippen molar-refractivity contribution in [3.8, 4) is 0 Å². The van der Waals surface area contributed by atoms with Crippen LogP contribution >= 0.6 is 0 Å². The summed E-state index contributed by atoms with van der Waals surface area (Å²) in [5.41, 5.74) is 3.69. The number of nitrogens with one attached hydrogen (secondary N) is 1. The van der Waals surface area contributed by atoms with E-state index in [1.807, 2.05) is 30.3 Å². The number of likely N-dealkylation sites (N-methyl/N-ethyl adjacent to an activating group) is 2. The Labute approximate surface area is 265 Å². The molecule has 1 spiro atoms. The van der Waals surface area contributed by atoms with Crippen LogP contribution in [0.1, 0.15) is 69.6 Å². The minimum Gasteiger partial charge on any atom is -0.372 e. The minimum atomic E-state index is -0.797. The molecule has 3 saturated heterocycles. The molecule has 0 aliphatic carbocycles. The number of carbonyl (C=O) groups excluding carboxylic acids is 5. The zero-order chi connectivity index (χ0) is 32.0. The maximum Gasteiger partial charge on any atom is 0.255 e. The molecule has 1 N–H and O–H groups in total. The Bertz CT molecular complexity index is 1370. The van der Waals surface area contributed by atoms with E-state index in [0.717, 1.165) is 76.9 Å². The Morgan fingerprint density at radius 1 is 0.933 bits per heavy atom. The Kier molecular flexibility index (Phi) is 10.3. The van der Waals surface area contributed by atoms with Gasteiger partial charge in [-0.3, -0.25) is 19.2 Å². The molecule has 2 aromatic carbocycles. The molecule has 1 unspecified atom stereocenters. The highest BCUT2D eigenvalue weighted by molar-refractivity contribution is 6.03. The molecule has 2 amide bonds. The molecule has 3 heterocycles. The second-order valence-corrected chi connectivity index (χ2v) is 13.0. The van der Waals surface area contributed by atoms with E-state index in [9.17, 15) is 24.0 Å². The lowest BCUT2D eigenvalue weighted by molar-refractivity contribution is -0.125. The van der Waals surface area contributed by atoms with Crippen LogP contribution in [0.3, 0.4) is 0 Å². The third kappa shape index (κ3) is 7.27. The number of hydrogen-bond acceptors (Lipinski definition) is 8. The summed E-state index contributed by atoms with van der Waals surface area (Å²) in [5.74, 6) is -0.0613. The van der Waals surface area contributed by atoms with Crippen molar-refractivity contribution in [2.75, 3.05) is 69.7 Å². The highest BCUT2D eigenvalue weighted by Gasteiger charge is 2.45. The molecule has 0 radical (unpaired) electrons. The minimum absolute atomic E-state index is 0.156. The van der Waals surface area contributed by atoms with Gasteiger partial charge in [0.1, 0.15) is 18.6 Å². The molecule has 0 saturated carbocycles. The topological polar surface area (TPSA) is 110 Å². The van der Waals surface area contributed by atoms with Gasteiger partial charge in [-0.05, 0) is 93.6 Å². The van der Waals surface area contributed by atoms with Crippen LogP contribution in [0.25, 0.3) is 0 Å². The zero-order valence-electron chi connectivity index (χ0n) is 26.5. The van der Waals surface area contributed by atoms with Gasteiger partial charge in [-0.25, -0.2) is 0 Å². The molecule has 5 rings (SSSR count). The number of anilines is 2. The number of piperidine rings is 2. The maximum atomic E-state index is 13.3. The van der Waals surface area contributed by atoms with Gasteiger partial charge in [0.15, 0.2) is 6.29 Å². The fraction of sp³-hybridized carbons (Fsp3) is 0.514. The van der Waals surface area contributed by atoms with Gasteiger partial charge in [-0.1, -0.05) is 0 Å². The van der Waals surface area contributed by atoms with Gasteiger partial charge in [0.2, 0.25) is 5.91 Å². The standard InChI is InChI=1S/C35H45N5O5/c1-36-33(44)32(4-3-19-41)37(2)34(45)31-10-9-30(20-28(31)23-43)40-24-35(25-40)13-17-38(18-14-35)21-26-11-15-39(16-12-26)29-7-5-27(22-42)6-8-29/h5-10,19-20,22-23,26,32H,3-4,11-18,21,24-25H2,1-2H3,(H,36,44). The Hall–Kier alpha value is -4.05. The summed E-state index contributed by atoms with van der Waals surface area (Å²) in [6, 6.07) is 12.4. The van der Waals surface area contributed by atoms with Crippen molar-refractivity contribution in [3.63, 3.8) is 0 Å². The molecular formula is C35H45N5O5. The number of hydrogen-bond donors (Lipinski definition) is 1. The third-order valence-corrected chi connectivity index (χ3v) is 10.1. The van der Waals surface area contributed by atoms with E-state index < -0.39 is 11.9 Å². The van der Waals surface area contributed by atoms with E-state index in [-0.39, 0.29) is 24.3 Å². The van der Waals surface area contributed by atoms with Crippen molar-refractivity contribution in [1.82, 2.24) is 15.1 Å². The van der Waals surface area contributed by atoms with Crippen molar-refractivity contribution in [2.45, 2.75) is 44.6 Å². The van der Waals surface area contributed by atoms with Crippen LogP contribution in [-0.2, 0) is 9.59 Å². The zero-order valence-corrected chi connectivity index (χ0v) is 26.5. The summed E-state index contributed by atoms with van der Waals surface area (Å²) in [7, 11) is 3.02. The lowest BCUT2D eigenvalue weighted by Gasteiger charge is -2.55. The maximum absolute atomic E-state index is 13.3. The smallest absolute Gasteiger partial charge is 0.255 e. The van der Waals surface area contributed by atoms with E-state index in [1.165, 1.54) is 37.5 Å². The first-order valence-corrected chi connectivity index (χ1v) is 16.1. The van der Waals surface area contributed by atoms with Crippen molar-refractivity contribution in [1.29, 1.82) is 0 Å². The summed E-state index contributed by atoms with van der Waals surface area (Å²) in [6.07, 6.45) is 7.38. The fourth-order valence-corrected chi connectivity index (χ4v) is 7.24. The van der Waals surface area contributed by atoms with Crippen molar-refractivity contribution in [2.24, 2.45) is 11.3 Å². The van der Waals surface area contributed by atoms with E-state index in [4.69, 9.17) is 0 Å². The number of carbonyl (C=O) groups is 5. The second-order valence-electron chi connectivity index (χ2n) is 13.0. The quantitative estimate of drug-likeness (QED) is 0.363. The van der Waals surface area contributed by atoms with Crippen molar-refractivity contribution < 1.29 is 24.0 Å². The Morgan fingerprint density at radius 2 is 1.60 bits per heavy atom. The molecule has 3 aliphatic heterocycles. The first-order valence-electron chi connectivity index (χ1n) is 16.1. The summed E-state index contributed by atoms with van der Waals surface area (Å²) in [4.78, 5) is 68.2. The number of likely N-dealkylation sites (tertiary alicyclic amines) is 1. The van der Waals surface area contributed by atoms with Gasteiger partial charge in [0.25, 0.3) is 5.91 Å². The average molecular weight is 616 g/mol. The van der Waals surface area contributed by atoms with Crippen LogP contribution in [0.5, 0.6) is 0 Å². The van der Waals surface area contributed by atoms with Gasteiger partial charge in [-0.2, -0.15) is 0 Å². The summed E-state index contributed by atoms with van der Waals surface area (Å²) >= 11 is 0. The van der Waals surface area contributed by atoms with Gasteiger partial charge < -0.3 is 29.7 Å². The lowest BCUT2D eigenvalue weighted by atomic mass is 9.71. The summed E-state index contributed by atoms with van der Waals surface area (Å²) in [6.45, 7) is 7.36. The van der Waals surface area contributed by atoms with E-state index in [2.05, 4.69) is 20.0 Å². The normalized spacial score (nSPS) is 19.0. The number of amides is 2. The van der Waals surface area contributed by atoms with Crippen LogP contribution in [0.2, 0.25) is 0 Å². The van der Waals surface area contributed by atoms with Gasteiger partial charge in [0, 0.05) is 81.2 Å². The van der Waals surface area contributed by atoms with Crippen LogP contribution in [0, 0.1) is 11.3 Å². The first-order chi connectivity index (χ1) is 21.8. The van der Waals surface area contributed by atoms with Gasteiger partial charge >= 0.3 is 0 Å². The summed E-state index contributed by atoms with van der Waals surface area (Å²) in [5, 5.41) is 2.55. The lowest BCUT2D eigenvalue weighted by Crippen LogP contribution is -2.60.